The average Bonchev–Trinajstić information content (AvgIpc) is 2.97. The molecule has 4 N–H and O–H groups in total. The van der Waals surface area contributed by atoms with Gasteiger partial charge in [-0.3, -0.25) is 0 Å². The molecular formula is C16H14F4N4O. The Morgan fingerprint density at radius 3 is 2.40 bits per heavy atom. The van der Waals surface area contributed by atoms with E-state index in [2.05, 4.69) is 10.2 Å². The zero-order chi connectivity index (χ0) is 18.2. The van der Waals surface area contributed by atoms with Crippen molar-refractivity contribution in [1.82, 2.24) is 0 Å². The molecule has 1 atom stereocenters. The van der Waals surface area contributed by atoms with Crippen molar-refractivity contribution in [3.8, 4) is 0 Å². The van der Waals surface area contributed by atoms with Crippen LogP contribution in [0.3, 0.4) is 0 Å². The van der Waals surface area contributed by atoms with Crippen LogP contribution >= 0.6 is 0 Å². The van der Waals surface area contributed by atoms with Gasteiger partial charge in [0.05, 0.1) is 11.3 Å². The summed E-state index contributed by atoms with van der Waals surface area (Å²) in [6.07, 6.45) is -3.52. The Balaban J connectivity index is 2.06. The van der Waals surface area contributed by atoms with Crippen molar-refractivity contribution in [2.45, 2.75) is 24.9 Å². The van der Waals surface area contributed by atoms with E-state index in [1.807, 2.05) is 0 Å². The van der Waals surface area contributed by atoms with Gasteiger partial charge in [0.2, 0.25) is 5.96 Å². The SMILES string of the molecule is NC(N)=N/N=C1\CC(c2ccc(F)cc2)Cc2occ(C(F)(F)F)c21. The Kier molecular flexibility index (Phi) is 4.23. The van der Waals surface area contributed by atoms with Crippen LogP contribution in [0.1, 0.15) is 34.8 Å². The third-order valence-electron chi connectivity index (χ3n) is 3.96. The Morgan fingerprint density at radius 1 is 1.12 bits per heavy atom. The van der Waals surface area contributed by atoms with Crippen LogP contribution in [0.25, 0.3) is 0 Å². The van der Waals surface area contributed by atoms with Gasteiger partial charge < -0.3 is 15.9 Å². The van der Waals surface area contributed by atoms with E-state index in [0.717, 1.165) is 5.56 Å². The predicted octanol–water partition coefficient (Wildman–Crippen LogP) is 3.15. The van der Waals surface area contributed by atoms with Crippen LogP contribution in [-0.4, -0.2) is 11.7 Å². The molecule has 0 bridgehead atoms. The molecule has 1 aliphatic rings. The highest BCUT2D eigenvalue weighted by molar-refractivity contribution is 6.04. The summed E-state index contributed by atoms with van der Waals surface area (Å²) in [4.78, 5) is 0. The molecule has 2 aromatic rings. The molecule has 1 heterocycles. The fourth-order valence-electron chi connectivity index (χ4n) is 2.88. The largest absolute Gasteiger partial charge is 0.468 e. The van der Waals surface area contributed by atoms with Gasteiger partial charge in [-0.2, -0.15) is 18.3 Å². The lowest BCUT2D eigenvalue weighted by atomic mass is 9.81. The van der Waals surface area contributed by atoms with Gasteiger partial charge in [-0.05, 0) is 30.0 Å². The fourth-order valence-corrected chi connectivity index (χ4v) is 2.88. The maximum absolute atomic E-state index is 13.2. The second kappa shape index (κ2) is 6.23. The summed E-state index contributed by atoms with van der Waals surface area (Å²) in [6, 6.07) is 5.75. The Hall–Kier alpha value is -2.84. The highest BCUT2D eigenvalue weighted by atomic mass is 19.4. The number of guanidine groups is 1. The Labute approximate surface area is 140 Å². The standard InChI is InChI=1S/C16H14F4N4O/c17-10-3-1-8(2-4-10)9-5-12(23-24-15(21)22)14-11(16(18,19)20)7-25-13(14)6-9/h1-4,7,9H,5-6H2,(H4,21,22,24)/b23-12+. The molecule has 0 saturated carbocycles. The maximum atomic E-state index is 13.2. The molecule has 3 rings (SSSR count). The molecule has 0 fully saturated rings. The first-order chi connectivity index (χ1) is 11.8. The lowest BCUT2D eigenvalue weighted by molar-refractivity contribution is -0.138. The zero-order valence-electron chi connectivity index (χ0n) is 12.8. The molecule has 0 saturated heterocycles. The van der Waals surface area contributed by atoms with Crippen molar-refractivity contribution in [2.75, 3.05) is 0 Å². The molecule has 0 spiro atoms. The third-order valence-corrected chi connectivity index (χ3v) is 3.96. The van der Waals surface area contributed by atoms with E-state index in [0.29, 0.717) is 6.26 Å². The monoisotopic (exact) mass is 354 g/mol. The first kappa shape index (κ1) is 17.0. The van der Waals surface area contributed by atoms with E-state index in [4.69, 9.17) is 15.9 Å². The van der Waals surface area contributed by atoms with Gasteiger partial charge in [-0.15, -0.1) is 5.10 Å². The molecule has 5 nitrogen and oxygen atoms in total. The minimum atomic E-state index is -4.58. The molecule has 132 valence electrons. The number of rotatable bonds is 2. The van der Waals surface area contributed by atoms with Gasteiger partial charge in [0, 0.05) is 6.42 Å². The highest BCUT2D eigenvalue weighted by Crippen LogP contribution is 2.41. The summed E-state index contributed by atoms with van der Waals surface area (Å²) >= 11 is 0. The first-order valence-electron chi connectivity index (χ1n) is 7.34. The maximum Gasteiger partial charge on any atom is 0.420 e. The van der Waals surface area contributed by atoms with Crippen LogP contribution < -0.4 is 11.5 Å². The molecule has 9 heteroatoms. The minimum Gasteiger partial charge on any atom is -0.468 e. The smallest absolute Gasteiger partial charge is 0.420 e. The number of benzene rings is 1. The Bertz CT molecular complexity index is 833. The van der Waals surface area contributed by atoms with Gasteiger partial charge in [-0.1, -0.05) is 12.1 Å². The zero-order valence-corrected chi connectivity index (χ0v) is 12.8. The normalized spacial score (nSPS) is 18.9. The van der Waals surface area contributed by atoms with Crippen molar-refractivity contribution >= 4 is 11.7 Å². The fraction of sp³-hybridized carbons (Fsp3) is 0.250. The Morgan fingerprint density at radius 2 is 1.80 bits per heavy atom. The summed E-state index contributed by atoms with van der Waals surface area (Å²) in [5.74, 6) is -0.840. The van der Waals surface area contributed by atoms with Gasteiger partial charge in [0.25, 0.3) is 0 Å². The topological polar surface area (TPSA) is 89.9 Å². The lowest BCUT2D eigenvalue weighted by Gasteiger charge is -2.23. The second-order valence-corrected chi connectivity index (χ2v) is 5.67. The highest BCUT2D eigenvalue weighted by Gasteiger charge is 2.41. The van der Waals surface area contributed by atoms with Gasteiger partial charge in [-0.25, -0.2) is 4.39 Å². The van der Waals surface area contributed by atoms with Crippen LogP contribution in [-0.2, 0) is 12.6 Å². The molecular weight excluding hydrogens is 340 g/mol. The molecule has 0 radical (unpaired) electrons. The molecule has 25 heavy (non-hydrogen) atoms. The third kappa shape index (κ3) is 3.49. The number of nitrogens with two attached hydrogens (primary N) is 2. The quantitative estimate of drug-likeness (QED) is 0.376. The number of halogens is 4. The van der Waals surface area contributed by atoms with Gasteiger partial charge >= 0.3 is 6.18 Å². The van der Waals surface area contributed by atoms with Crippen LogP contribution in [0.2, 0.25) is 0 Å². The number of furan rings is 1. The van der Waals surface area contributed by atoms with Crippen LogP contribution in [0.5, 0.6) is 0 Å². The average molecular weight is 354 g/mol. The molecule has 0 aliphatic heterocycles. The number of nitrogens with zero attached hydrogens (tertiary/aromatic N) is 2. The summed E-state index contributed by atoms with van der Waals surface area (Å²) < 4.78 is 57.9. The minimum absolute atomic E-state index is 0.0741. The summed E-state index contributed by atoms with van der Waals surface area (Å²) in [7, 11) is 0. The first-order valence-corrected chi connectivity index (χ1v) is 7.34. The number of fused-ring (bicyclic) bond motifs is 1. The van der Waals surface area contributed by atoms with E-state index in [-0.39, 0.29) is 41.8 Å². The molecule has 1 aromatic heterocycles. The molecule has 1 aliphatic carbocycles. The van der Waals surface area contributed by atoms with Crippen LogP contribution in [0.4, 0.5) is 17.6 Å². The predicted molar refractivity (Wildman–Crippen MR) is 83.5 cm³/mol. The molecule has 1 aromatic carbocycles. The lowest BCUT2D eigenvalue weighted by Crippen LogP contribution is -2.24. The number of alkyl halides is 3. The van der Waals surface area contributed by atoms with Crippen LogP contribution in [0.15, 0.2) is 45.1 Å². The summed E-state index contributed by atoms with van der Waals surface area (Å²) in [6.45, 7) is 0. The van der Waals surface area contributed by atoms with Crippen molar-refractivity contribution in [3.05, 3.63) is 58.8 Å². The molecule has 1 unspecified atom stereocenters. The van der Waals surface area contributed by atoms with Crippen molar-refractivity contribution in [1.29, 1.82) is 0 Å². The van der Waals surface area contributed by atoms with E-state index < -0.39 is 17.6 Å². The van der Waals surface area contributed by atoms with E-state index >= 15 is 0 Å². The van der Waals surface area contributed by atoms with E-state index in [9.17, 15) is 17.6 Å². The van der Waals surface area contributed by atoms with E-state index in [1.165, 1.54) is 12.1 Å². The molecule has 0 amide bonds. The summed E-state index contributed by atoms with van der Waals surface area (Å²) in [5, 5.41) is 7.27. The van der Waals surface area contributed by atoms with Gasteiger partial charge in [0.15, 0.2) is 0 Å². The number of hydrogen-bond acceptors (Lipinski definition) is 3. The van der Waals surface area contributed by atoms with Gasteiger partial charge in [0.1, 0.15) is 23.4 Å². The summed E-state index contributed by atoms with van der Waals surface area (Å²) in [5.41, 5.74) is 10.2. The van der Waals surface area contributed by atoms with Crippen molar-refractivity contribution in [2.24, 2.45) is 21.7 Å². The van der Waals surface area contributed by atoms with Crippen LogP contribution in [0, 0.1) is 5.82 Å². The van der Waals surface area contributed by atoms with Crippen molar-refractivity contribution in [3.63, 3.8) is 0 Å². The second-order valence-electron chi connectivity index (χ2n) is 5.67. The van der Waals surface area contributed by atoms with Crippen molar-refractivity contribution < 1.29 is 22.0 Å². The number of hydrogen-bond donors (Lipinski definition) is 2. The van der Waals surface area contributed by atoms with E-state index in [1.54, 1.807) is 12.1 Å².